The number of carbonyl (C=O) groups excluding carboxylic acids is 1. The smallest absolute Gasteiger partial charge is 0.269 e. The molecule has 2 rings (SSSR count). The number of pyridine rings is 1. The van der Waals surface area contributed by atoms with E-state index >= 15 is 0 Å². The first kappa shape index (κ1) is 14.8. The average Bonchev–Trinajstić information content (AvgIpc) is 2.55. The summed E-state index contributed by atoms with van der Waals surface area (Å²) in [5.74, 6) is 5.89. The van der Waals surface area contributed by atoms with Gasteiger partial charge in [0.15, 0.2) is 0 Å². The molecule has 0 aliphatic carbocycles. The number of hydrazine groups is 1. The summed E-state index contributed by atoms with van der Waals surface area (Å²) in [5, 5.41) is 2.82. The Morgan fingerprint density at radius 2 is 2.14 bits per heavy atom. The summed E-state index contributed by atoms with van der Waals surface area (Å²) in [4.78, 5) is 16.0. The van der Waals surface area contributed by atoms with Crippen LogP contribution in [0.4, 0.5) is 5.69 Å². The second-order valence-corrected chi connectivity index (χ2v) is 4.39. The first-order valence-electron chi connectivity index (χ1n) is 6.57. The van der Waals surface area contributed by atoms with E-state index in [0.29, 0.717) is 24.3 Å². The van der Waals surface area contributed by atoms with E-state index in [4.69, 9.17) is 10.6 Å². The van der Waals surface area contributed by atoms with Gasteiger partial charge in [0.25, 0.3) is 5.91 Å². The van der Waals surface area contributed by atoms with Crippen LogP contribution < -0.4 is 21.3 Å². The van der Waals surface area contributed by atoms with Crippen LogP contribution in [0.3, 0.4) is 0 Å². The molecule has 4 N–H and O–H groups in total. The molecule has 1 aromatic carbocycles. The second-order valence-electron chi connectivity index (χ2n) is 4.39. The largest absolute Gasteiger partial charge is 0.496 e. The van der Waals surface area contributed by atoms with Crippen molar-refractivity contribution in [3.8, 4) is 5.75 Å². The average molecular weight is 286 g/mol. The van der Waals surface area contributed by atoms with Crippen LogP contribution in [0, 0.1) is 0 Å². The van der Waals surface area contributed by atoms with Gasteiger partial charge in [-0.05, 0) is 30.2 Å². The Hall–Kier alpha value is -2.60. The van der Waals surface area contributed by atoms with Gasteiger partial charge in [-0.3, -0.25) is 15.6 Å². The number of benzene rings is 1. The van der Waals surface area contributed by atoms with Crippen LogP contribution in [0.15, 0.2) is 42.6 Å². The minimum atomic E-state index is -0.234. The van der Waals surface area contributed by atoms with Gasteiger partial charge < -0.3 is 15.5 Å². The number of nitrogens with one attached hydrogen (secondary N) is 2. The van der Waals surface area contributed by atoms with Gasteiger partial charge in [0, 0.05) is 12.7 Å². The van der Waals surface area contributed by atoms with Crippen LogP contribution in [-0.2, 0) is 6.42 Å². The standard InChI is InChI=1S/C15H18N4O2/c1-21-14-5-3-2-4-11(14)6-8-18-15(20)13-10-12(19-16)7-9-17-13/h2-5,7,9-10H,6,8,16H2,1H3,(H,17,19)(H,18,20). The summed E-state index contributed by atoms with van der Waals surface area (Å²) in [5.41, 5.74) is 4.49. The minimum absolute atomic E-state index is 0.234. The van der Waals surface area contributed by atoms with Gasteiger partial charge in [-0.2, -0.15) is 0 Å². The van der Waals surface area contributed by atoms with Crippen molar-refractivity contribution in [1.82, 2.24) is 10.3 Å². The Morgan fingerprint density at radius 3 is 2.90 bits per heavy atom. The zero-order chi connectivity index (χ0) is 15.1. The van der Waals surface area contributed by atoms with E-state index in [9.17, 15) is 4.79 Å². The molecule has 0 atom stereocenters. The maximum atomic E-state index is 12.0. The van der Waals surface area contributed by atoms with Crippen molar-refractivity contribution in [2.75, 3.05) is 19.1 Å². The van der Waals surface area contributed by atoms with Crippen molar-refractivity contribution in [2.45, 2.75) is 6.42 Å². The number of para-hydroxylation sites is 1. The fourth-order valence-corrected chi connectivity index (χ4v) is 1.96. The number of rotatable bonds is 6. The number of hydrogen-bond acceptors (Lipinski definition) is 5. The fourth-order valence-electron chi connectivity index (χ4n) is 1.96. The topological polar surface area (TPSA) is 89.3 Å². The molecule has 0 spiro atoms. The summed E-state index contributed by atoms with van der Waals surface area (Å²) in [6.45, 7) is 0.501. The number of methoxy groups -OCH3 is 1. The number of anilines is 1. The van der Waals surface area contributed by atoms with Crippen LogP contribution in [-0.4, -0.2) is 24.5 Å². The van der Waals surface area contributed by atoms with Gasteiger partial charge in [-0.25, -0.2) is 0 Å². The van der Waals surface area contributed by atoms with Crippen LogP contribution in [0.2, 0.25) is 0 Å². The molecule has 1 heterocycles. The lowest BCUT2D eigenvalue weighted by molar-refractivity contribution is 0.0949. The van der Waals surface area contributed by atoms with E-state index in [0.717, 1.165) is 11.3 Å². The van der Waals surface area contributed by atoms with Crippen molar-refractivity contribution in [3.63, 3.8) is 0 Å². The lowest BCUT2D eigenvalue weighted by atomic mass is 10.1. The molecule has 0 bridgehead atoms. The molecule has 0 aliphatic rings. The number of nitrogens with two attached hydrogens (primary N) is 1. The van der Waals surface area contributed by atoms with Crippen molar-refractivity contribution >= 4 is 11.6 Å². The lowest BCUT2D eigenvalue weighted by Gasteiger charge is -2.09. The van der Waals surface area contributed by atoms with Crippen LogP contribution in [0.5, 0.6) is 5.75 Å². The molecule has 110 valence electrons. The SMILES string of the molecule is COc1ccccc1CCNC(=O)c1cc(NN)ccn1. The summed E-state index contributed by atoms with van der Waals surface area (Å²) in [6.07, 6.45) is 2.22. The Balaban J connectivity index is 1.92. The lowest BCUT2D eigenvalue weighted by Crippen LogP contribution is -2.26. The summed E-state index contributed by atoms with van der Waals surface area (Å²) < 4.78 is 5.27. The molecule has 0 fully saturated rings. The molecule has 6 heteroatoms. The van der Waals surface area contributed by atoms with Gasteiger partial charge in [-0.15, -0.1) is 0 Å². The van der Waals surface area contributed by atoms with Crippen LogP contribution >= 0.6 is 0 Å². The van der Waals surface area contributed by atoms with Crippen molar-refractivity contribution in [2.24, 2.45) is 5.84 Å². The maximum Gasteiger partial charge on any atom is 0.269 e. The highest BCUT2D eigenvalue weighted by atomic mass is 16.5. The highest BCUT2D eigenvalue weighted by molar-refractivity contribution is 5.93. The normalized spacial score (nSPS) is 10.0. The number of nitrogen functional groups attached to an aromatic ring is 1. The molecule has 0 unspecified atom stereocenters. The van der Waals surface area contributed by atoms with Gasteiger partial charge in [0.05, 0.1) is 12.8 Å². The highest BCUT2D eigenvalue weighted by Gasteiger charge is 2.08. The molecule has 1 amide bonds. The van der Waals surface area contributed by atoms with E-state index in [1.54, 1.807) is 19.2 Å². The Labute approximate surface area is 123 Å². The van der Waals surface area contributed by atoms with Crippen molar-refractivity contribution in [3.05, 3.63) is 53.9 Å². The number of aromatic nitrogens is 1. The van der Waals surface area contributed by atoms with Crippen LogP contribution in [0.1, 0.15) is 16.1 Å². The third-order valence-corrected chi connectivity index (χ3v) is 3.03. The number of carbonyl (C=O) groups is 1. The molecular weight excluding hydrogens is 268 g/mol. The Kier molecular flexibility index (Phi) is 5.11. The molecular formula is C15H18N4O2. The summed E-state index contributed by atoms with van der Waals surface area (Å²) in [7, 11) is 1.63. The third kappa shape index (κ3) is 3.93. The third-order valence-electron chi connectivity index (χ3n) is 3.03. The second kappa shape index (κ2) is 7.25. The van der Waals surface area contributed by atoms with E-state index in [2.05, 4.69) is 15.7 Å². The van der Waals surface area contributed by atoms with E-state index in [-0.39, 0.29) is 5.91 Å². The minimum Gasteiger partial charge on any atom is -0.496 e. The van der Waals surface area contributed by atoms with Gasteiger partial charge in [0.2, 0.25) is 0 Å². The Bertz CT molecular complexity index is 616. The van der Waals surface area contributed by atoms with E-state index < -0.39 is 0 Å². The maximum absolute atomic E-state index is 12.0. The molecule has 0 radical (unpaired) electrons. The summed E-state index contributed by atoms with van der Waals surface area (Å²) >= 11 is 0. The monoisotopic (exact) mass is 286 g/mol. The predicted molar refractivity (Wildman–Crippen MR) is 81.1 cm³/mol. The first-order chi connectivity index (χ1) is 10.2. The van der Waals surface area contributed by atoms with Crippen LogP contribution in [0.25, 0.3) is 0 Å². The fraction of sp³-hybridized carbons (Fsp3) is 0.200. The molecule has 0 saturated heterocycles. The van der Waals surface area contributed by atoms with Gasteiger partial charge >= 0.3 is 0 Å². The highest BCUT2D eigenvalue weighted by Crippen LogP contribution is 2.17. The van der Waals surface area contributed by atoms with Gasteiger partial charge in [-0.1, -0.05) is 18.2 Å². The molecule has 0 saturated carbocycles. The van der Waals surface area contributed by atoms with E-state index in [1.807, 2.05) is 24.3 Å². The number of hydrogen-bond donors (Lipinski definition) is 3. The quantitative estimate of drug-likeness (QED) is 0.551. The predicted octanol–water partition coefficient (Wildman–Crippen LogP) is 1.35. The van der Waals surface area contributed by atoms with Gasteiger partial charge in [0.1, 0.15) is 11.4 Å². The zero-order valence-electron chi connectivity index (χ0n) is 11.8. The molecule has 6 nitrogen and oxygen atoms in total. The van der Waals surface area contributed by atoms with Crippen molar-refractivity contribution < 1.29 is 9.53 Å². The molecule has 21 heavy (non-hydrogen) atoms. The molecule has 1 aromatic heterocycles. The van der Waals surface area contributed by atoms with Crippen molar-refractivity contribution in [1.29, 1.82) is 0 Å². The first-order valence-corrected chi connectivity index (χ1v) is 6.57. The van der Waals surface area contributed by atoms with E-state index in [1.165, 1.54) is 6.20 Å². The Morgan fingerprint density at radius 1 is 1.33 bits per heavy atom. The number of ether oxygens (including phenoxy) is 1. The molecule has 0 aliphatic heterocycles. The molecule has 2 aromatic rings. The number of nitrogens with zero attached hydrogens (tertiary/aromatic N) is 1. The summed E-state index contributed by atoms with van der Waals surface area (Å²) in [6, 6.07) is 11.0. The zero-order valence-corrected chi connectivity index (χ0v) is 11.8. The number of amides is 1.